The van der Waals surface area contributed by atoms with Crippen molar-refractivity contribution in [2.75, 3.05) is 0 Å². The van der Waals surface area contributed by atoms with Crippen molar-refractivity contribution in [2.24, 2.45) is 5.41 Å². The molecule has 0 fully saturated rings. The van der Waals surface area contributed by atoms with Crippen LogP contribution in [0.4, 0.5) is 0 Å². The standard InChI is InChI=1S/C19H26/c1-6-18(2,3)14-19(4,5)17-12-11-15-9-7-8-10-16(15)13-17/h7-13H,6,14H2,1-5H3. The minimum Gasteiger partial charge on any atom is -0.0649 e. The summed E-state index contributed by atoms with van der Waals surface area (Å²) in [4.78, 5) is 0. The topological polar surface area (TPSA) is 0 Å². The quantitative estimate of drug-likeness (QED) is 0.633. The largest absolute Gasteiger partial charge is 0.0649 e. The van der Waals surface area contributed by atoms with E-state index >= 15 is 0 Å². The van der Waals surface area contributed by atoms with Crippen LogP contribution in [-0.2, 0) is 5.41 Å². The minimum atomic E-state index is 0.226. The number of hydrogen-bond acceptors (Lipinski definition) is 0. The van der Waals surface area contributed by atoms with Crippen molar-refractivity contribution in [3.63, 3.8) is 0 Å². The molecule has 19 heavy (non-hydrogen) atoms. The van der Waals surface area contributed by atoms with Gasteiger partial charge in [0.05, 0.1) is 0 Å². The maximum absolute atomic E-state index is 2.37. The third-order valence-electron chi connectivity index (χ3n) is 4.41. The maximum Gasteiger partial charge on any atom is -0.00983 e. The van der Waals surface area contributed by atoms with Crippen LogP contribution in [0, 0.1) is 5.41 Å². The van der Waals surface area contributed by atoms with Gasteiger partial charge in [0.15, 0.2) is 0 Å². The van der Waals surface area contributed by atoms with E-state index in [9.17, 15) is 0 Å². The first-order chi connectivity index (χ1) is 8.84. The Hall–Kier alpha value is -1.30. The fraction of sp³-hybridized carbons (Fsp3) is 0.474. The predicted octanol–water partition coefficient (Wildman–Crippen LogP) is 5.94. The van der Waals surface area contributed by atoms with Crippen LogP contribution < -0.4 is 0 Å². The molecule has 0 atom stereocenters. The average Bonchev–Trinajstić information content (AvgIpc) is 2.37. The second kappa shape index (κ2) is 5.00. The summed E-state index contributed by atoms with van der Waals surface area (Å²) in [5.74, 6) is 0. The molecule has 0 aliphatic carbocycles. The zero-order valence-corrected chi connectivity index (χ0v) is 13.0. The van der Waals surface area contributed by atoms with Gasteiger partial charge in [-0.3, -0.25) is 0 Å². The van der Waals surface area contributed by atoms with E-state index in [1.165, 1.54) is 29.2 Å². The normalized spacial score (nSPS) is 12.9. The van der Waals surface area contributed by atoms with Crippen molar-refractivity contribution < 1.29 is 0 Å². The monoisotopic (exact) mass is 254 g/mol. The zero-order valence-electron chi connectivity index (χ0n) is 13.0. The third-order valence-corrected chi connectivity index (χ3v) is 4.41. The second-order valence-corrected chi connectivity index (χ2v) is 7.14. The molecule has 0 aromatic heterocycles. The second-order valence-electron chi connectivity index (χ2n) is 7.14. The summed E-state index contributed by atoms with van der Waals surface area (Å²) in [5, 5.41) is 2.68. The van der Waals surface area contributed by atoms with Crippen molar-refractivity contribution in [1.29, 1.82) is 0 Å². The fourth-order valence-corrected chi connectivity index (χ4v) is 3.03. The van der Waals surface area contributed by atoms with E-state index in [2.05, 4.69) is 77.1 Å². The molecule has 0 heteroatoms. The van der Waals surface area contributed by atoms with Gasteiger partial charge in [0.2, 0.25) is 0 Å². The molecule has 2 rings (SSSR count). The molecule has 2 aromatic rings. The Balaban J connectivity index is 2.37. The molecule has 102 valence electrons. The van der Waals surface area contributed by atoms with E-state index in [-0.39, 0.29) is 5.41 Å². The molecular weight excluding hydrogens is 228 g/mol. The molecule has 0 nitrogen and oxygen atoms in total. The summed E-state index contributed by atoms with van der Waals surface area (Å²) in [7, 11) is 0. The van der Waals surface area contributed by atoms with Crippen molar-refractivity contribution in [1.82, 2.24) is 0 Å². The van der Waals surface area contributed by atoms with Crippen molar-refractivity contribution >= 4 is 10.8 Å². The Morgan fingerprint density at radius 3 is 2.11 bits per heavy atom. The molecule has 0 bridgehead atoms. The molecular formula is C19H26. The van der Waals surface area contributed by atoms with Gasteiger partial charge in [-0.05, 0) is 33.6 Å². The lowest BCUT2D eigenvalue weighted by atomic mass is 9.70. The van der Waals surface area contributed by atoms with E-state index in [1.807, 2.05) is 0 Å². The van der Waals surface area contributed by atoms with E-state index in [0.29, 0.717) is 5.41 Å². The van der Waals surface area contributed by atoms with Crippen LogP contribution in [0.2, 0.25) is 0 Å². The van der Waals surface area contributed by atoms with Crippen LogP contribution in [0.5, 0.6) is 0 Å². The Morgan fingerprint density at radius 2 is 1.47 bits per heavy atom. The molecule has 0 heterocycles. The predicted molar refractivity (Wildman–Crippen MR) is 85.7 cm³/mol. The Kier molecular flexibility index (Phi) is 3.71. The van der Waals surface area contributed by atoms with Crippen LogP contribution in [0.25, 0.3) is 10.8 Å². The highest BCUT2D eigenvalue weighted by Crippen LogP contribution is 2.39. The van der Waals surface area contributed by atoms with Gasteiger partial charge in [0.1, 0.15) is 0 Å². The highest BCUT2D eigenvalue weighted by Gasteiger charge is 2.29. The van der Waals surface area contributed by atoms with Gasteiger partial charge in [0, 0.05) is 0 Å². The average molecular weight is 254 g/mol. The van der Waals surface area contributed by atoms with Crippen molar-refractivity contribution in [3.8, 4) is 0 Å². The smallest absolute Gasteiger partial charge is 0.00983 e. The molecule has 0 aliphatic rings. The molecule has 2 aromatic carbocycles. The maximum atomic E-state index is 2.37. The van der Waals surface area contributed by atoms with Crippen molar-refractivity contribution in [2.45, 2.75) is 52.9 Å². The van der Waals surface area contributed by atoms with Gasteiger partial charge in [-0.1, -0.05) is 83.5 Å². The van der Waals surface area contributed by atoms with Gasteiger partial charge in [-0.25, -0.2) is 0 Å². The summed E-state index contributed by atoms with van der Waals surface area (Å²) < 4.78 is 0. The third kappa shape index (κ3) is 3.18. The molecule has 0 radical (unpaired) electrons. The highest BCUT2D eigenvalue weighted by atomic mass is 14.3. The Morgan fingerprint density at radius 1 is 0.842 bits per heavy atom. The molecule has 0 aliphatic heterocycles. The first-order valence-corrected chi connectivity index (χ1v) is 7.33. The van der Waals surface area contributed by atoms with Crippen LogP contribution >= 0.6 is 0 Å². The summed E-state index contributed by atoms with van der Waals surface area (Å²) in [6, 6.07) is 15.5. The summed E-state index contributed by atoms with van der Waals surface area (Å²) in [6.07, 6.45) is 2.44. The summed E-state index contributed by atoms with van der Waals surface area (Å²) in [6.45, 7) is 11.8. The number of hydrogen-bond donors (Lipinski definition) is 0. The van der Waals surface area contributed by atoms with E-state index in [4.69, 9.17) is 0 Å². The summed E-state index contributed by atoms with van der Waals surface area (Å²) in [5.41, 5.74) is 2.08. The van der Waals surface area contributed by atoms with Gasteiger partial charge < -0.3 is 0 Å². The number of benzene rings is 2. The Labute approximate surface area is 117 Å². The van der Waals surface area contributed by atoms with E-state index in [0.717, 1.165) is 0 Å². The zero-order chi connectivity index (χ0) is 14.1. The van der Waals surface area contributed by atoms with Crippen LogP contribution in [0.1, 0.15) is 53.0 Å². The van der Waals surface area contributed by atoms with Crippen LogP contribution in [0.15, 0.2) is 42.5 Å². The lowest BCUT2D eigenvalue weighted by Crippen LogP contribution is -2.26. The minimum absolute atomic E-state index is 0.226. The van der Waals surface area contributed by atoms with Crippen molar-refractivity contribution in [3.05, 3.63) is 48.0 Å². The molecule has 0 saturated carbocycles. The molecule has 0 unspecified atom stereocenters. The van der Waals surface area contributed by atoms with Gasteiger partial charge in [-0.15, -0.1) is 0 Å². The molecule has 0 saturated heterocycles. The Bertz CT molecular complexity index is 561. The van der Waals surface area contributed by atoms with Crippen LogP contribution in [0.3, 0.4) is 0 Å². The number of fused-ring (bicyclic) bond motifs is 1. The molecule has 0 spiro atoms. The molecule has 0 N–H and O–H groups in total. The highest BCUT2D eigenvalue weighted by molar-refractivity contribution is 5.83. The lowest BCUT2D eigenvalue weighted by Gasteiger charge is -2.35. The fourth-order valence-electron chi connectivity index (χ4n) is 3.03. The SMILES string of the molecule is CCC(C)(C)CC(C)(C)c1ccc2ccccc2c1. The summed E-state index contributed by atoms with van der Waals surface area (Å²) >= 11 is 0. The van der Waals surface area contributed by atoms with Gasteiger partial charge >= 0.3 is 0 Å². The first kappa shape index (κ1) is 14.1. The van der Waals surface area contributed by atoms with Gasteiger partial charge in [0.25, 0.3) is 0 Å². The van der Waals surface area contributed by atoms with Crippen LogP contribution in [-0.4, -0.2) is 0 Å². The number of rotatable bonds is 4. The lowest BCUT2D eigenvalue weighted by molar-refractivity contribution is 0.248. The van der Waals surface area contributed by atoms with E-state index < -0.39 is 0 Å². The molecule has 0 amide bonds. The van der Waals surface area contributed by atoms with Gasteiger partial charge in [-0.2, -0.15) is 0 Å². The van der Waals surface area contributed by atoms with E-state index in [1.54, 1.807) is 0 Å². The first-order valence-electron chi connectivity index (χ1n) is 7.33.